The van der Waals surface area contributed by atoms with Crippen molar-refractivity contribution in [3.8, 4) is 5.75 Å². The minimum atomic E-state index is -0.0391. The highest BCUT2D eigenvalue weighted by atomic mass is 32.1. The minimum Gasteiger partial charge on any atom is -0.487 e. The van der Waals surface area contributed by atoms with Crippen LogP contribution in [0.1, 0.15) is 23.0 Å². The third-order valence-electron chi connectivity index (χ3n) is 3.58. The standard InChI is InChI=1S/C19H18N2O2S/c1-2-21(17-8-4-3-5-9-17)19(22)15-7-6-10-18(11-15)23-12-16-13-24-14-20-16/h3-11,13-14H,2,12H2,1H3. The molecule has 1 amide bonds. The zero-order chi connectivity index (χ0) is 16.8. The van der Waals surface area contributed by atoms with E-state index >= 15 is 0 Å². The van der Waals surface area contributed by atoms with E-state index in [9.17, 15) is 4.79 Å². The molecule has 1 aromatic heterocycles. The second-order valence-corrected chi connectivity index (χ2v) is 5.90. The topological polar surface area (TPSA) is 42.4 Å². The Morgan fingerprint density at radius 1 is 1.17 bits per heavy atom. The van der Waals surface area contributed by atoms with Gasteiger partial charge >= 0.3 is 0 Å². The molecule has 0 unspecified atom stereocenters. The molecule has 0 aliphatic carbocycles. The van der Waals surface area contributed by atoms with Crippen molar-refractivity contribution in [3.05, 3.63) is 76.7 Å². The molecule has 0 radical (unpaired) electrons. The van der Waals surface area contributed by atoms with Crippen molar-refractivity contribution in [2.24, 2.45) is 0 Å². The third-order valence-corrected chi connectivity index (χ3v) is 4.22. The van der Waals surface area contributed by atoms with Crippen LogP contribution < -0.4 is 9.64 Å². The maximum Gasteiger partial charge on any atom is 0.258 e. The van der Waals surface area contributed by atoms with E-state index < -0.39 is 0 Å². The SMILES string of the molecule is CCN(C(=O)c1cccc(OCc2cscn2)c1)c1ccccc1. The van der Waals surface area contributed by atoms with Crippen LogP contribution in [0, 0.1) is 0 Å². The average Bonchev–Trinajstić information content (AvgIpc) is 3.15. The van der Waals surface area contributed by atoms with Crippen LogP contribution in [-0.2, 0) is 6.61 Å². The molecule has 0 bridgehead atoms. The van der Waals surface area contributed by atoms with Crippen molar-refractivity contribution in [3.63, 3.8) is 0 Å². The quantitative estimate of drug-likeness (QED) is 0.669. The Kier molecular flexibility index (Phi) is 5.23. The first-order chi connectivity index (χ1) is 11.8. The van der Waals surface area contributed by atoms with Crippen molar-refractivity contribution >= 4 is 22.9 Å². The summed E-state index contributed by atoms with van der Waals surface area (Å²) in [7, 11) is 0. The molecule has 122 valence electrons. The number of rotatable bonds is 6. The molecule has 0 aliphatic heterocycles. The number of carbonyl (C=O) groups is 1. The van der Waals surface area contributed by atoms with Gasteiger partial charge in [-0.3, -0.25) is 4.79 Å². The Bertz CT molecular complexity index is 788. The summed E-state index contributed by atoms with van der Waals surface area (Å²) in [6, 6.07) is 16.9. The number of amides is 1. The maximum absolute atomic E-state index is 12.8. The second-order valence-electron chi connectivity index (χ2n) is 5.18. The number of aromatic nitrogens is 1. The summed E-state index contributed by atoms with van der Waals surface area (Å²) in [5.41, 5.74) is 4.16. The Morgan fingerprint density at radius 2 is 2.00 bits per heavy atom. The fourth-order valence-electron chi connectivity index (χ4n) is 2.39. The van der Waals surface area contributed by atoms with Crippen molar-refractivity contribution in [1.82, 2.24) is 4.98 Å². The number of para-hydroxylation sites is 1. The maximum atomic E-state index is 12.8. The molecule has 24 heavy (non-hydrogen) atoms. The second kappa shape index (κ2) is 7.75. The predicted molar refractivity (Wildman–Crippen MR) is 96.7 cm³/mol. The summed E-state index contributed by atoms with van der Waals surface area (Å²) in [5, 5.41) is 1.95. The van der Waals surface area contributed by atoms with E-state index in [1.807, 2.05) is 60.8 Å². The van der Waals surface area contributed by atoms with Crippen molar-refractivity contribution in [2.45, 2.75) is 13.5 Å². The van der Waals surface area contributed by atoms with Gasteiger partial charge in [0, 0.05) is 23.2 Å². The van der Waals surface area contributed by atoms with Gasteiger partial charge in [0.1, 0.15) is 12.4 Å². The van der Waals surface area contributed by atoms with E-state index in [1.165, 1.54) is 11.3 Å². The van der Waals surface area contributed by atoms with E-state index in [-0.39, 0.29) is 5.91 Å². The van der Waals surface area contributed by atoms with Gasteiger partial charge < -0.3 is 9.64 Å². The van der Waals surface area contributed by atoms with Crippen LogP contribution in [0.15, 0.2) is 65.5 Å². The number of anilines is 1. The summed E-state index contributed by atoms with van der Waals surface area (Å²) in [5.74, 6) is 0.626. The van der Waals surface area contributed by atoms with Crippen molar-refractivity contribution in [2.75, 3.05) is 11.4 Å². The zero-order valence-electron chi connectivity index (χ0n) is 13.4. The van der Waals surface area contributed by atoms with Gasteiger partial charge in [0.15, 0.2) is 0 Å². The molecule has 0 N–H and O–H groups in total. The molecule has 4 nitrogen and oxygen atoms in total. The van der Waals surface area contributed by atoms with Gasteiger partial charge in [-0.2, -0.15) is 0 Å². The molecule has 0 spiro atoms. The van der Waals surface area contributed by atoms with Crippen LogP contribution in [0.25, 0.3) is 0 Å². The number of hydrogen-bond donors (Lipinski definition) is 0. The number of benzene rings is 2. The Balaban J connectivity index is 1.75. The van der Waals surface area contributed by atoms with E-state index in [2.05, 4.69) is 4.98 Å². The Hall–Kier alpha value is -2.66. The summed E-state index contributed by atoms with van der Waals surface area (Å²) in [6.45, 7) is 2.97. The largest absolute Gasteiger partial charge is 0.487 e. The van der Waals surface area contributed by atoms with Crippen LogP contribution in [0.2, 0.25) is 0 Å². The summed E-state index contributed by atoms with van der Waals surface area (Å²) < 4.78 is 5.73. The lowest BCUT2D eigenvalue weighted by Crippen LogP contribution is -2.30. The highest BCUT2D eigenvalue weighted by Gasteiger charge is 2.16. The first-order valence-electron chi connectivity index (χ1n) is 7.74. The molecule has 0 atom stereocenters. The molecule has 3 aromatic rings. The van der Waals surface area contributed by atoms with Gasteiger partial charge in [-0.1, -0.05) is 24.3 Å². The average molecular weight is 338 g/mol. The summed E-state index contributed by atoms with van der Waals surface area (Å²) in [6.07, 6.45) is 0. The zero-order valence-corrected chi connectivity index (χ0v) is 14.2. The van der Waals surface area contributed by atoms with Crippen molar-refractivity contribution in [1.29, 1.82) is 0 Å². The van der Waals surface area contributed by atoms with Gasteiger partial charge in [-0.05, 0) is 37.3 Å². The summed E-state index contributed by atoms with van der Waals surface area (Å²) >= 11 is 1.54. The normalized spacial score (nSPS) is 10.4. The van der Waals surface area contributed by atoms with Crippen LogP contribution in [-0.4, -0.2) is 17.4 Å². The lowest BCUT2D eigenvalue weighted by atomic mass is 10.1. The highest BCUT2D eigenvalue weighted by molar-refractivity contribution is 7.07. The Morgan fingerprint density at radius 3 is 2.71 bits per heavy atom. The monoisotopic (exact) mass is 338 g/mol. The van der Waals surface area contributed by atoms with Crippen LogP contribution in [0.3, 0.4) is 0 Å². The molecule has 5 heteroatoms. The molecule has 0 saturated heterocycles. The fraction of sp³-hybridized carbons (Fsp3) is 0.158. The van der Waals surface area contributed by atoms with E-state index in [0.29, 0.717) is 24.5 Å². The van der Waals surface area contributed by atoms with E-state index in [4.69, 9.17) is 4.74 Å². The van der Waals surface area contributed by atoms with Gasteiger partial charge in [-0.25, -0.2) is 4.98 Å². The fourth-order valence-corrected chi connectivity index (χ4v) is 2.94. The number of hydrogen-bond acceptors (Lipinski definition) is 4. The van der Waals surface area contributed by atoms with E-state index in [0.717, 1.165) is 11.4 Å². The minimum absolute atomic E-state index is 0.0391. The molecule has 0 fully saturated rings. The number of carbonyl (C=O) groups excluding carboxylic acids is 1. The third kappa shape index (κ3) is 3.81. The number of nitrogens with zero attached hydrogens (tertiary/aromatic N) is 2. The molecule has 1 heterocycles. The highest BCUT2D eigenvalue weighted by Crippen LogP contribution is 2.20. The molecular weight excluding hydrogens is 320 g/mol. The van der Waals surface area contributed by atoms with E-state index in [1.54, 1.807) is 16.5 Å². The van der Waals surface area contributed by atoms with Gasteiger partial charge in [0.25, 0.3) is 5.91 Å². The van der Waals surface area contributed by atoms with Gasteiger partial charge in [0.05, 0.1) is 11.2 Å². The van der Waals surface area contributed by atoms with Crippen LogP contribution >= 0.6 is 11.3 Å². The molecule has 2 aromatic carbocycles. The predicted octanol–water partition coefficient (Wildman–Crippen LogP) is 4.39. The van der Waals surface area contributed by atoms with Crippen LogP contribution in [0.4, 0.5) is 5.69 Å². The Labute approximate surface area is 145 Å². The lowest BCUT2D eigenvalue weighted by molar-refractivity contribution is 0.0988. The molecule has 3 rings (SSSR count). The molecular formula is C19H18N2O2S. The smallest absolute Gasteiger partial charge is 0.258 e. The van der Waals surface area contributed by atoms with Gasteiger partial charge in [-0.15, -0.1) is 11.3 Å². The lowest BCUT2D eigenvalue weighted by Gasteiger charge is -2.21. The van der Waals surface area contributed by atoms with Crippen molar-refractivity contribution < 1.29 is 9.53 Å². The first-order valence-corrected chi connectivity index (χ1v) is 8.69. The first kappa shape index (κ1) is 16.2. The van der Waals surface area contributed by atoms with Gasteiger partial charge in [0.2, 0.25) is 0 Å². The number of ether oxygens (including phenoxy) is 1. The van der Waals surface area contributed by atoms with Crippen LogP contribution in [0.5, 0.6) is 5.75 Å². The summed E-state index contributed by atoms with van der Waals surface area (Å²) in [4.78, 5) is 18.8. The molecule has 0 saturated carbocycles. The molecule has 0 aliphatic rings. The number of thiazole rings is 1.